The first-order valence-corrected chi connectivity index (χ1v) is 9.58. The Morgan fingerprint density at radius 2 is 1.81 bits per heavy atom. The van der Waals surface area contributed by atoms with Crippen LogP contribution in [-0.2, 0) is 11.0 Å². The van der Waals surface area contributed by atoms with Crippen molar-refractivity contribution in [2.75, 3.05) is 18.0 Å². The predicted octanol–water partition coefficient (Wildman–Crippen LogP) is 3.98. The Morgan fingerprint density at radius 3 is 2.45 bits per heavy atom. The van der Waals surface area contributed by atoms with E-state index in [4.69, 9.17) is 0 Å². The highest BCUT2D eigenvalue weighted by Gasteiger charge is 2.31. The molecule has 0 saturated heterocycles. The van der Waals surface area contributed by atoms with Gasteiger partial charge in [-0.3, -0.25) is 14.5 Å². The van der Waals surface area contributed by atoms with Gasteiger partial charge in [0.1, 0.15) is 5.82 Å². The summed E-state index contributed by atoms with van der Waals surface area (Å²) >= 11 is 0. The van der Waals surface area contributed by atoms with Crippen molar-refractivity contribution >= 4 is 17.6 Å². The molecule has 2 aromatic carbocycles. The Labute approximate surface area is 177 Å². The number of carbonyl (C=O) groups is 2. The lowest BCUT2D eigenvalue weighted by Gasteiger charge is -2.23. The number of carbonyl (C=O) groups excluding carboxylic acids is 2. The van der Waals surface area contributed by atoms with Crippen LogP contribution in [0.4, 0.5) is 19.0 Å². The Hall–Kier alpha value is -3.62. The minimum Gasteiger partial charge on any atom is -0.343 e. The molecule has 0 atom stereocenters. The van der Waals surface area contributed by atoms with Crippen molar-refractivity contribution in [1.29, 1.82) is 0 Å². The second kappa shape index (κ2) is 9.03. The van der Waals surface area contributed by atoms with Crippen LogP contribution in [0.3, 0.4) is 0 Å². The number of nitrogens with one attached hydrogen (secondary N) is 1. The highest BCUT2D eigenvalue weighted by Crippen LogP contribution is 2.29. The predicted molar refractivity (Wildman–Crippen MR) is 110 cm³/mol. The average Bonchev–Trinajstić information content (AvgIpc) is 3.14. The van der Waals surface area contributed by atoms with Crippen molar-refractivity contribution < 1.29 is 22.8 Å². The van der Waals surface area contributed by atoms with Crippen molar-refractivity contribution in [3.05, 3.63) is 77.5 Å². The number of halogens is 3. The largest absolute Gasteiger partial charge is 0.416 e. The van der Waals surface area contributed by atoms with E-state index in [0.717, 1.165) is 29.4 Å². The molecule has 2 amide bonds. The molecule has 3 aromatic rings. The second-order valence-corrected chi connectivity index (χ2v) is 6.80. The van der Waals surface area contributed by atoms with Gasteiger partial charge in [-0.05, 0) is 44.2 Å². The lowest BCUT2D eigenvalue weighted by Crippen LogP contribution is -2.41. The van der Waals surface area contributed by atoms with Crippen LogP contribution in [0.1, 0.15) is 28.4 Å². The summed E-state index contributed by atoms with van der Waals surface area (Å²) in [6.07, 6.45) is -2.92. The Morgan fingerprint density at radius 1 is 1.10 bits per heavy atom. The van der Waals surface area contributed by atoms with E-state index >= 15 is 0 Å². The number of hydrogen-bond donors (Lipinski definition) is 1. The van der Waals surface area contributed by atoms with E-state index in [1.165, 1.54) is 11.0 Å². The number of rotatable bonds is 6. The summed E-state index contributed by atoms with van der Waals surface area (Å²) in [7, 11) is 0. The number of anilines is 1. The Kier molecular flexibility index (Phi) is 6.43. The number of likely N-dealkylation sites (N-methyl/N-ethyl adjacent to an activating group) is 1. The van der Waals surface area contributed by atoms with Gasteiger partial charge < -0.3 is 5.32 Å². The molecule has 0 fully saturated rings. The van der Waals surface area contributed by atoms with Gasteiger partial charge in [0.05, 0.1) is 24.0 Å². The SMILES string of the molecule is CCN(C(=O)CNC(=O)c1cccc(C(F)(F)F)c1)c1c(C)cnn1-c1ccccc1. The summed E-state index contributed by atoms with van der Waals surface area (Å²) in [6, 6.07) is 13.3. The fourth-order valence-corrected chi connectivity index (χ4v) is 3.14. The summed E-state index contributed by atoms with van der Waals surface area (Å²) in [5.41, 5.74) is 0.438. The minimum atomic E-state index is -4.56. The molecule has 6 nitrogen and oxygen atoms in total. The Balaban J connectivity index is 1.76. The van der Waals surface area contributed by atoms with E-state index in [0.29, 0.717) is 12.4 Å². The number of aromatic nitrogens is 2. The van der Waals surface area contributed by atoms with E-state index in [1.807, 2.05) is 37.3 Å². The molecule has 162 valence electrons. The molecule has 3 rings (SSSR count). The molecule has 0 unspecified atom stereocenters. The fraction of sp³-hybridized carbons (Fsp3) is 0.227. The maximum atomic E-state index is 12.9. The lowest BCUT2D eigenvalue weighted by molar-refractivity contribution is -0.137. The van der Waals surface area contributed by atoms with Gasteiger partial charge in [0.15, 0.2) is 0 Å². The van der Waals surface area contributed by atoms with Crippen LogP contribution < -0.4 is 10.2 Å². The lowest BCUT2D eigenvalue weighted by atomic mass is 10.1. The highest BCUT2D eigenvalue weighted by atomic mass is 19.4. The maximum Gasteiger partial charge on any atom is 0.416 e. The van der Waals surface area contributed by atoms with E-state index in [9.17, 15) is 22.8 Å². The summed E-state index contributed by atoms with van der Waals surface area (Å²) in [5.74, 6) is -0.612. The smallest absolute Gasteiger partial charge is 0.343 e. The summed E-state index contributed by atoms with van der Waals surface area (Å²) in [4.78, 5) is 26.6. The number of para-hydroxylation sites is 1. The monoisotopic (exact) mass is 430 g/mol. The molecule has 0 bridgehead atoms. The molecule has 0 saturated carbocycles. The molecule has 1 N–H and O–H groups in total. The fourth-order valence-electron chi connectivity index (χ4n) is 3.14. The minimum absolute atomic E-state index is 0.170. The van der Waals surface area contributed by atoms with E-state index < -0.39 is 23.6 Å². The number of benzene rings is 2. The van der Waals surface area contributed by atoms with Crippen LogP contribution in [0.25, 0.3) is 5.69 Å². The van der Waals surface area contributed by atoms with Crippen molar-refractivity contribution in [2.45, 2.75) is 20.0 Å². The summed E-state index contributed by atoms with van der Waals surface area (Å²) in [5, 5.41) is 6.75. The molecule has 1 aromatic heterocycles. The number of hydrogen-bond acceptors (Lipinski definition) is 3. The molecule has 0 aliphatic heterocycles. The van der Waals surface area contributed by atoms with Gasteiger partial charge in [0, 0.05) is 17.7 Å². The zero-order valence-corrected chi connectivity index (χ0v) is 17.0. The number of nitrogens with zero attached hydrogens (tertiary/aromatic N) is 3. The first kappa shape index (κ1) is 22.1. The second-order valence-electron chi connectivity index (χ2n) is 6.80. The summed E-state index contributed by atoms with van der Waals surface area (Å²) < 4.78 is 40.2. The van der Waals surface area contributed by atoms with Crippen molar-refractivity contribution in [1.82, 2.24) is 15.1 Å². The topological polar surface area (TPSA) is 67.2 Å². The molecule has 0 spiro atoms. The first-order chi connectivity index (χ1) is 14.7. The van der Waals surface area contributed by atoms with Crippen molar-refractivity contribution in [3.8, 4) is 5.69 Å². The van der Waals surface area contributed by atoms with Crippen LogP contribution in [0.15, 0.2) is 60.8 Å². The maximum absolute atomic E-state index is 12.9. The zero-order chi connectivity index (χ0) is 22.6. The third-order valence-corrected chi connectivity index (χ3v) is 4.65. The van der Waals surface area contributed by atoms with Gasteiger partial charge in [0.2, 0.25) is 5.91 Å². The third kappa shape index (κ3) is 4.93. The number of amides is 2. The van der Waals surface area contributed by atoms with E-state index in [-0.39, 0.29) is 12.1 Å². The van der Waals surface area contributed by atoms with Crippen LogP contribution in [0.5, 0.6) is 0 Å². The van der Waals surface area contributed by atoms with Gasteiger partial charge >= 0.3 is 6.18 Å². The van der Waals surface area contributed by atoms with Gasteiger partial charge in [-0.25, -0.2) is 4.68 Å². The highest BCUT2D eigenvalue weighted by molar-refractivity contribution is 6.00. The van der Waals surface area contributed by atoms with E-state index in [1.54, 1.807) is 17.8 Å². The van der Waals surface area contributed by atoms with Crippen LogP contribution >= 0.6 is 0 Å². The van der Waals surface area contributed by atoms with Crippen molar-refractivity contribution in [2.24, 2.45) is 0 Å². The van der Waals surface area contributed by atoms with Gasteiger partial charge in [0.25, 0.3) is 5.91 Å². The van der Waals surface area contributed by atoms with Crippen LogP contribution in [0.2, 0.25) is 0 Å². The molecule has 0 aliphatic rings. The average molecular weight is 430 g/mol. The summed E-state index contributed by atoms with van der Waals surface area (Å²) in [6.45, 7) is 3.55. The first-order valence-electron chi connectivity index (χ1n) is 9.58. The van der Waals surface area contributed by atoms with Gasteiger partial charge in [-0.1, -0.05) is 24.3 Å². The zero-order valence-electron chi connectivity index (χ0n) is 17.0. The van der Waals surface area contributed by atoms with E-state index in [2.05, 4.69) is 10.4 Å². The molecule has 1 heterocycles. The molecule has 0 aliphatic carbocycles. The van der Waals surface area contributed by atoms with Crippen LogP contribution in [0, 0.1) is 6.92 Å². The standard InChI is InChI=1S/C22H21F3N4O2/c1-3-28(21-15(2)13-27-29(21)18-10-5-4-6-11-18)19(30)14-26-20(31)16-8-7-9-17(12-16)22(23,24)25/h4-13H,3,14H2,1-2H3,(H,26,31). The molecular formula is C22H21F3N4O2. The van der Waals surface area contributed by atoms with Gasteiger partial charge in [-0.2, -0.15) is 18.3 Å². The molecule has 0 radical (unpaired) electrons. The Bertz CT molecular complexity index is 1080. The quantitative estimate of drug-likeness (QED) is 0.643. The third-order valence-electron chi connectivity index (χ3n) is 4.65. The normalized spacial score (nSPS) is 11.3. The molecule has 31 heavy (non-hydrogen) atoms. The number of alkyl halides is 3. The molecular weight excluding hydrogens is 409 g/mol. The number of aryl methyl sites for hydroxylation is 1. The van der Waals surface area contributed by atoms with Gasteiger partial charge in [-0.15, -0.1) is 0 Å². The van der Waals surface area contributed by atoms with Crippen LogP contribution in [-0.4, -0.2) is 34.7 Å². The molecule has 9 heteroatoms. The van der Waals surface area contributed by atoms with Crippen molar-refractivity contribution in [3.63, 3.8) is 0 Å².